The molecule has 0 radical (unpaired) electrons. The van der Waals surface area contributed by atoms with Crippen molar-refractivity contribution in [3.8, 4) is 0 Å². The summed E-state index contributed by atoms with van der Waals surface area (Å²) in [6.07, 6.45) is 8.12. The molecule has 1 aromatic rings. The van der Waals surface area contributed by atoms with Crippen molar-refractivity contribution in [1.82, 2.24) is 14.9 Å². The molecule has 16 heavy (non-hydrogen) atoms. The molecular formula is C12H20N4. The Kier molecular flexibility index (Phi) is 2.69. The molecule has 0 bridgehead atoms. The number of nitrogens with one attached hydrogen (secondary N) is 1. The maximum absolute atomic E-state index is 6.07. The van der Waals surface area contributed by atoms with Crippen molar-refractivity contribution < 1.29 is 0 Å². The number of nitrogens with two attached hydrogens (primary N) is 1. The van der Waals surface area contributed by atoms with Crippen molar-refractivity contribution >= 4 is 0 Å². The Labute approximate surface area is 96.2 Å². The van der Waals surface area contributed by atoms with E-state index in [9.17, 15) is 0 Å². The summed E-state index contributed by atoms with van der Waals surface area (Å²) in [6.45, 7) is 2.26. The van der Waals surface area contributed by atoms with E-state index in [2.05, 4.69) is 16.1 Å². The lowest BCUT2D eigenvalue weighted by Crippen LogP contribution is -2.23. The van der Waals surface area contributed by atoms with Gasteiger partial charge in [0.25, 0.3) is 0 Å². The summed E-state index contributed by atoms with van der Waals surface area (Å²) in [4.78, 5) is 4.69. The molecule has 2 unspecified atom stereocenters. The van der Waals surface area contributed by atoms with E-state index in [-0.39, 0.29) is 6.04 Å². The third kappa shape index (κ3) is 1.87. The molecule has 3 heterocycles. The average Bonchev–Trinajstić information content (AvgIpc) is 2.88. The Morgan fingerprint density at radius 1 is 1.44 bits per heavy atom. The van der Waals surface area contributed by atoms with E-state index < -0.39 is 0 Å². The molecule has 3 N–H and O–H groups in total. The first-order chi connectivity index (χ1) is 7.83. The molecule has 4 heteroatoms. The zero-order chi connectivity index (χ0) is 11.0. The highest BCUT2D eigenvalue weighted by atomic mass is 15.1. The molecule has 0 spiro atoms. The predicted molar refractivity (Wildman–Crippen MR) is 63.1 cm³/mol. The van der Waals surface area contributed by atoms with Crippen molar-refractivity contribution in [3.63, 3.8) is 0 Å². The summed E-state index contributed by atoms with van der Waals surface area (Å²) < 4.78 is 2.25. The van der Waals surface area contributed by atoms with Gasteiger partial charge in [0.1, 0.15) is 5.82 Å². The fourth-order valence-electron chi connectivity index (χ4n) is 2.85. The Hall–Kier alpha value is -0.870. The van der Waals surface area contributed by atoms with Gasteiger partial charge in [-0.25, -0.2) is 4.98 Å². The van der Waals surface area contributed by atoms with Crippen LogP contribution in [0, 0.1) is 0 Å². The van der Waals surface area contributed by atoms with Crippen LogP contribution in [0.1, 0.15) is 43.2 Å². The number of rotatable bonds is 2. The molecule has 1 saturated heterocycles. The maximum atomic E-state index is 6.07. The number of aromatic nitrogens is 2. The van der Waals surface area contributed by atoms with Crippen molar-refractivity contribution in [2.24, 2.45) is 5.73 Å². The number of hydrogen-bond donors (Lipinski definition) is 2. The summed E-state index contributed by atoms with van der Waals surface area (Å²) in [6, 6.07) is 0.784. The van der Waals surface area contributed by atoms with Gasteiger partial charge in [0.05, 0.1) is 11.7 Å². The van der Waals surface area contributed by atoms with Gasteiger partial charge in [0.15, 0.2) is 0 Å². The molecule has 2 aliphatic heterocycles. The Bertz CT molecular complexity index is 365. The molecule has 2 atom stereocenters. The van der Waals surface area contributed by atoms with Gasteiger partial charge in [-0.3, -0.25) is 0 Å². The topological polar surface area (TPSA) is 55.9 Å². The fourth-order valence-corrected chi connectivity index (χ4v) is 2.85. The van der Waals surface area contributed by atoms with Gasteiger partial charge < -0.3 is 15.6 Å². The molecule has 0 aromatic carbocycles. The van der Waals surface area contributed by atoms with Crippen molar-refractivity contribution in [2.45, 2.75) is 50.7 Å². The third-order valence-corrected chi connectivity index (χ3v) is 3.72. The SMILES string of the molecule is NC1CCCn2cc(CC3CCCN3)nc21. The molecule has 0 saturated carbocycles. The van der Waals surface area contributed by atoms with Crippen LogP contribution in [0.5, 0.6) is 0 Å². The van der Waals surface area contributed by atoms with Crippen molar-refractivity contribution in [2.75, 3.05) is 6.54 Å². The van der Waals surface area contributed by atoms with Gasteiger partial charge in [0.2, 0.25) is 0 Å². The largest absolute Gasteiger partial charge is 0.333 e. The van der Waals surface area contributed by atoms with E-state index in [1.807, 2.05) is 0 Å². The molecule has 2 aliphatic rings. The number of imidazole rings is 1. The van der Waals surface area contributed by atoms with Crippen molar-refractivity contribution in [1.29, 1.82) is 0 Å². The first-order valence-electron chi connectivity index (χ1n) is 6.38. The number of hydrogen-bond acceptors (Lipinski definition) is 3. The molecule has 88 valence electrons. The molecule has 0 aliphatic carbocycles. The number of nitrogens with zero attached hydrogens (tertiary/aromatic N) is 2. The highest BCUT2D eigenvalue weighted by Crippen LogP contribution is 2.23. The second-order valence-electron chi connectivity index (χ2n) is 5.03. The second kappa shape index (κ2) is 4.18. The summed E-state index contributed by atoms with van der Waals surface area (Å²) in [5, 5.41) is 3.52. The maximum Gasteiger partial charge on any atom is 0.125 e. The zero-order valence-electron chi connectivity index (χ0n) is 9.65. The monoisotopic (exact) mass is 220 g/mol. The van der Waals surface area contributed by atoms with Crippen LogP contribution in [0.4, 0.5) is 0 Å². The highest BCUT2D eigenvalue weighted by Gasteiger charge is 2.21. The minimum atomic E-state index is 0.152. The van der Waals surface area contributed by atoms with Crippen LogP contribution in [-0.4, -0.2) is 22.1 Å². The Balaban J connectivity index is 1.75. The van der Waals surface area contributed by atoms with E-state index in [1.54, 1.807) is 0 Å². The summed E-state index contributed by atoms with van der Waals surface area (Å²) >= 11 is 0. The molecule has 1 aromatic heterocycles. The van der Waals surface area contributed by atoms with Crippen LogP contribution in [0.2, 0.25) is 0 Å². The van der Waals surface area contributed by atoms with Gasteiger partial charge in [-0.2, -0.15) is 0 Å². The predicted octanol–water partition coefficient (Wildman–Crippen LogP) is 0.971. The average molecular weight is 220 g/mol. The van der Waals surface area contributed by atoms with E-state index in [0.717, 1.165) is 31.8 Å². The summed E-state index contributed by atoms with van der Waals surface area (Å²) in [5.74, 6) is 1.10. The minimum Gasteiger partial charge on any atom is -0.333 e. The first kappa shape index (κ1) is 10.3. The lowest BCUT2D eigenvalue weighted by Gasteiger charge is -2.19. The lowest BCUT2D eigenvalue weighted by atomic mass is 10.1. The smallest absolute Gasteiger partial charge is 0.125 e. The van der Waals surface area contributed by atoms with Crippen LogP contribution >= 0.6 is 0 Å². The highest BCUT2D eigenvalue weighted by molar-refractivity contribution is 5.11. The van der Waals surface area contributed by atoms with Gasteiger partial charge in [-0.1, -0.05) is 0 Å². The standard InChI is InChI=1S/C12H20N4/c13-11-4-2-6-16-8-10(15-12(11)16)7-9-3-1-5-14-9/h8-9,11,14H,1-7,13H2. The Morgan fingerprint density at radius 2 is 2.38 bits per heavy atom. The van der Waals surface area contributed by atoms with E-state index in [4.69, 9.17) is 10.7 Å². The van der Waals surface area contributed by atoms with Crippen LogP contribution in [0.3, 0.4) is 0 Å². The molecule has 1 fully saturated rings. The lowest BCUT2D eigenvalue weighted by molar-refractivity contribution is 0.451. The van der Waals surface area contributed by atoms with Crippen LogP contribution in [0.25, 0.3) is 0 Å². The van der Waals surface area contributed by atoms with E-state index in [1.165, 1.54) is 25.0 Å². The van der Waals surface area contributed by atoms with Gasteiger partial charge >= 0.3 is 0 Å². The molecule has 4 nitrogen and oxygen atoms in total. The minimum absolute atomic E-state index is 0.152. The first-order valence-corrected chi connectivity index (χ1v) is 6.38. The van der Waals surface area contributed by atoms with Crippen LogP contribution in [0.15, 0.2) is 6.20 Å². The van der Waals surface area contributed by atoms with Crippen LogP contribution in [-0.2, 0) is 13.0 Å². The quantitative estimate of drug-likeness (QED) is 0.781. The van der Waals surface area contributed by atoms with Gasteiger partial charge in [0, 0.05) is 25.2 Å². The second-order valence-corrected chi connectivity index (χ2v) is 5.03. The van der Waals surface area contributed by atoms with Gasteiger partial charge in [-0.05, 0) is 32.2 Å². The molecule has 0 amide bonds. The summed E-state index contributed by atoms with van der Waals surface area (Å²) in [5.41, 5.74) is 7.28. The number of aryl methyl sites for hydroxylation is 1. The van der Waals surface area contributed by atoms with Gasteiger partial charge in [-0.15, -0.1) is 0 Å². The Morgan fingerprint density at radius 3 is 3.12 bits per heavy atom. The fraction of sp³-hybridized carbons (Fsp3) is 0.750. The molecule has 3 rings (SSSR count). The molecular weight excluding hydrogens is 200 g/mol. The third-order valence-electron chi connectivity index (χ3n) is 3.72. The van der Waals surface area contributed by atoms with Crippen LogP contribution < -0.4 is 11.1 Å². The summed E-state index contributed by atoms with van der Waals surface area (Å²) in [7, 11) is 0. The van der Waals surface area contributed by atoms with E-state index in [0.29, 0.717) is 6.04 Å². The normalized spacial score (nSPS) is 29.3. The van der Waals surface area contributed by atoms with Crippen molar-refractivity contribution in [3.05, 3.63) is 17.7 Å². The van der Waals surface area contributed by atoms with E-state index >= 15 is 0 Å². The number of fused-ring (bicyclic) bond motifs is 1. The zero-order valence-corrected chi connectivity index (χ0v) is 9.65.